The van der Waals surface area contributed by atoms with Gasteiger partial charge in [0.15, 0.2) is 0 Å². The van der Waals surface area contributed by atoms with E-state index in [1.54, 1.807) is 6.20 Å². The molecule has 3 rings (SSSR count). The van der Waals surface area contributed by atoms with Gasteiger partial charge in [0.2, 0.25) is 0 Å². The Balaban J connectivity index is 1.89. The first-order valence-electron chi connectivity index (χ1n) is 6.27. The number of benzene rings is 1. The summed E-state index contributed by atoms with van der Waals surface area (Å²) in [7, 11) is 0. The summed E-state index contributed by atoms with van der Waals surface area (Å²) in [5.41, 5.74) is 3.64. The summed E-state index contributed by atoms with van der Waals surface area (Å²) in [5, 5.41) is 0. The van der Waals surface area contributed by atoms with Crippen LogP contribution in [0.2, 0.25) is 0 Å². The molecule has 18 heavy (non-hydrogen) atoms. The largest absolute Gasteiger partial charge is 0.378 e. The molecule has 0 spiro atoms. The van der Waals surface area contributed by atoms with E-state index in [0.717, 1.165) is 31.9 Å². The number of anilines is 1. The maximum Gasteiger partial charge on any atom is 0.0642 e. The lowest BCUT2D eigenvalue weighted by Crippen LogP contribution is -2.36. The van der Waals surface area contributed by atoms with Gasteiger partial charge in [-0.25, -0.2) is 0 Å². The van der Waals surface area contributed by atoms with Gasteiger partial charge in [-0.3, -0.25) is 4.98 Å². The third kappa shape index (κ3) is 2.36. The molecule has 1 saturated heterocycles. The topological polar surface area (TPSA) is 25.4 Å². The van der Waals surface area contributed by atoms with E-state index in [1.165, 1.54) is 11.3 Å². The SMILES string of the molecule is c1cncc(-c2cccc(N3CCOCC3)c2)c1. The molecule has 3 heteroatoms. The first-order chi connectivity index (χ1) is 8.93. The molecule has 1 fully saturated rings. The van der Waals surface area contributed by atoms with Crippen LogP contribution < -0.4 is 4.90 Å². The van der Waals surface area contributed by atoms with Crippen molar-refractivity contribution in [2.24, 2.45) is 0 Å². The van der Waals surface area contributed by atoms with Crippen molar-refractivity contribution in [3.8, 4) is 11.1 Å². The van der Waals surface area contributed by atoms with E-state index in [4.69, 9.17) is 4.74 Å². The molecule has 0 amide bonds. The minimum atomic E-state index is 0.817. The predicted octanol–water partition coefficient (Wildman–Crippen LogP) is 2.59. The lowest BCUT2D eigenvalue weighted by atomic mass is 10.1. The number of hydrogen-bond donors (Lipinski definition) is 0. The van der Waals surface area contributed by atoms with Crippen LogP contribution in [0, 0.1) is 0 Å². The Kier molecular flexibility index (Phi) is 3.24. The monoisotopic (exact) mass is 240 g/mol. The lowest BCUT2D eigenvalue weighted by Gasteiger charge is -2.29. The van der Waals surface area contributed by atoms with Crippen molar-refractivity contribution in [3.05, 3.63) is 48.8 Å². The van der Waals surface area contributed by atoms with E-state index in [9.17, 15) is 0 Å². The second-order valence-electron chi connectivity index (χ2n) is 4.39. The molecule has 0 N–H and O–H groups in total. The van der Waals surface area contributed by atoms with Crippen LogP contribution >= 0.6 is 0 Å². The Labute approximate surface area is 107 Å². The Hall–Kier alpha value is -1.87. The molecule has 0 atom stereocenters. The van der Waals surface area contributed by atoms with E-state index in [2.05, 4.69) is 40.2 Å². The summed E-state index contributed by atoms with van der Waals surface area (Å²) in [6.45, 7) is 3.57. The van der Waals surface area contributed by atoms with E-state index in [-0.39, 0.29) is 0 Å². The van der Waals surface area contributed by atoms with Crippen molar-refractivity contribution in [2.75, 3.05) is 31.2 Å². The third-order valence-corrected chi connectivity index (χ3v) is 3.22. The molecular weight excluding hydrogens is 224 g/mol. The summed E-state index contributed by atoms with van der Waals surface area (Å²) in [6.07, 6.45) is 3.70. The van der Waals surface area contributed by atoms with Gasteiger partial charge in [-0.1, -0.05) is 18.2 Å². The van der Waals surface area contributed by atoms with Crippen molar-refractivity contribution < 1.29 is 4.74 Å². The normalized spacial score (nSPS) is 15.7. The zero-order valence-corrected chi connectivity index (χ0v) is 10.2. The molecule has 1 aliphatic heterocycles. The molecule has 0 radical (unpaired) electrons. The Bertz CT molecular complexity index is 507. The number of morpholine rings is 1. The first-order valence-corrected chi connectivity index (χ1v) is 6.27. The van der Waals surface area contributed by atoms with Crippen molar-refractivity contribution in [3.63, 3.8) is 0 Å². The molecule has 3 nitrogen and oxygen atoms in total. The zero-order valence-electron chi connectivity index (χ0n) is 10.2. The molecule has 0 aliphatic carbocycles. The number of rotatable bonds is 2. The fraction of sp³-hybridized carbons (Fsp3) is 0.267. The average molecular weight is 240 g/mol. The third-order valence-electron chi connectivity index (χ3n) is 3.22. The molecule has 2 aromatic rings. The fourth-order valence-corrected chi connectivity index (χ4v) is 2.24. The number of aromatic nitrogens is 1. The van der Waals surface area contributed by atoms with Gasteiger partial charge in [-0.2, -0.15) is 0 Å². The van der Waals surface area contributed by atoms with Gasteiger partial charge in [0, 0.05) is 36.7 Å². The Morgan fingerprint density at radius 1 is 1.00 bits per heavy atom. The molecule has 0 bridgehead atoms. The Morgan fingerprint density at radius 2 is 1.83 bits per heavy atom. The summed E-state index contributed by atoms with van der Waals surface area (Å²) in [6, 6.07) is 12.7. The number of hydrogen-bond acceptors (Lipinski definition) is 3. The number of nitrogens with zero attached hydrogens (tertiary/aromatic N) is 2. The zero-order chi connectivity index (χ0) is 12.2. The van der Waals surface area contributed by atoms with E-state index in [0.29, 0.717) is 0 Å². The van der Waals surface area contributed by atoms with Crippen LogP contribution in [-0.4, -0.2) is 31.3 Å². The van der Waals surface area contributed by atoms with E-state index >= 15 is 0 Å². The maximum atomic E-state index is 5.38. The van der Waals surface area contributed by atoms with E-state index in [1.807, 2.05) is 12.3 Å². The van der Waals surface area contributed by atoms with Gasteiger partial charge < -0.3 is 9.64 Å². The van der Waals surface area contributed by atoms with Crippen LogP contribution in [0.4, 0.5) is 5.69 Å². The molecule has 92 valence electrons. The van der Waals surface area contributed by atoms with Gasteiger partial charge in [-0.15, -0.1) is 0 Å². The second kappa shape index (κ2) is 5.19. The molecular formula is C15H16N2O. The van der Waals surface area contributed by atoms with Crippen LogP contribution in [0.1, 0.15) is 0 Å². The quantitative estimate of drug-likeness (QED) is 0.806. The van der Waals surface area contributed by atoms with Crippen LogP contribution in [0.5, 0.6) is 0 Å². The highest BCUT2D eigenvalue weighted by atomic mass is 16.5. The minimum absolute atomic E-state index is 0.817. The van der Waals surface area contributed by atoms with E-state index < -0.39 is 0 Å². The smallest absolute Gasteiger partial charge is 0.0642 e. The van der Waals surface area contributed by atoms with Crippen molar-refractivity contribution in [1.29, 1.82) is 0 Å². The molecule has 0 unspecified atom stereocenters. The first kappa shape index (κ1) is 11.2. The maximum absolute atomic E-state index is 5.38. The van der Waals surface area contributed by atoms with Crippen LogP contribution in [-0.2, 0) is 4.74 Å². The highest BCUT2D eigenvalue weighted by Gasteiger charge is 2.11. The lowest BCUT2D eigenvalue weighted by molar-refractivity contribution is 0.122. The van der Waals surface area contributed by atoms with Crippen molar-refractivity contribution in [1.82, 2.24) is 4.98 Å². The fourth-order valence-electron chi connectivity index (χ4n) is 2.24. The van der Waals surface area contributed by atoms with Gasteiger partial charge in [0.05, 0.1) is 13.2 Å². The van der Waals surface area contributed by atoms with Gasteiger partial charge >= 0.3 is 0 Å². The van der Waals surface area contributed by atoms with Crippen molar-refractivity contribution >= 4 is 5.69 Å². The van der Waals surface area contributed by atoms with Gasteiger partial charge in [-0.05, 0) is 23.8 Å². The van der Waals surface area contributed by atoms with Crippen LogP contribution in [0.3, 0.4) is 0 Å². The molecule has 1 aromatic heterocycles. The van der Waals surface area contributed by atoms with Crippen LogP contribution in [0.15, 0.2) is 48.8 Å². The molecule has 1 aromatic carbocycles. The predicted molar refractivity (Wildman–Crippen MR) is 72.7 cm³/mol. The van der Waals surface area contributed by atoms with Gasteiger partial charge in [0.25, 0.3) is 0 Å². The molecule has 0 saturated carbocycles. The number of ether oxygens (including phenoxy) is 1. The second-order valence-corrected chi connectivity index (χ2v) is 4.39. The summed E-state index contributed by atoms with van der Waals surface area (Å²) in [4.78, 5) is 6.53. The Morgan fingerprint density at radius 3 is 2.61 bits per heavy atom. The summed E-state index contributed by atoms with van der Waals surface area (Å²) in [5.74, 6) is 0. The summed E-state index contributed by atoms with van der Waals surface area (Å²) < 4.78 is 5.38. The average Bonchev–Trinajstić information content (AvgIpc) is 2.49. The highest BCUT2D eigenvalue weighted by Crippen LogP contribution is 2.24. The molecule has 2 heterocycles. The van der Waals surface area contributed by atoms with Gasteiger partial charge in [0.1, 0.15) is 0 Å². The number of pyridine rings is 1. The van der Waals surface area contributed by atoms with Crippen molar-refractivity contribution in [2.45, 2.75) is 0 Å². The highest BCUT2D eigenvalue weighted by molar-refractivity contribution is 5.67. The van der Waals surface area contributed by atoms with Crippen LogP contribution in [0.25, 0.3) is 11.1 Å². The molecule has 1 aliphatic rings. The standard InChI is InChI=1S/C15H16N2O/c1-3-13(14-4-2-6-16-12-14)11-15(5-1)17-7-9-18-10-8-17/h1-6,11-12H,7-10H2. The summed E-state index contributed by atoms with van der Waals surface area (Å²) >= 11 is 0. The minimum Gasteiger partial charge on any atom is -0.378 e.